The molecule has 90 valence electrons. The molecule has 0 atom stereocenters. The third kappa shape index (κ3) is 5.96. The summed E-state index contributed by atoms with van der Waals surface area (Å²) < 4.78 is 0. The van der Waals surface area contributed by atoms with Gasteiger partial charge in [-0.1, -0.05) is 20.7 Å². The van der Waals surface area contributed by atoms with Crippen molar-refractivity contribution in [1.29, 1.82) is 0 Å². The molecule has 0 heterocycles. The van der Waals surface area contributed by atoms with Crippen LogP contribution in [0.5, 0.6) is 0 Å². The zero-order valence-corrected chi connectivity index (χ0v) is 8.69. The maximum absolute atomic E-state index is 10.2. The molecule has 0 aliphatic rings. The molecule has 0 fully saturated rings. The Labute approximate surface area is 91.5 Å². The van der Waals surface area contributed by atoms with Crippen LogP contribution in [0.2, 0.25) is 0 Å². The van der Waals surface area contributed by atoms with Crippen LogP contribution in [0.25, 0.3) is 0 Å². The second-order valence-electron chi connectivity index (χ2n) is 3.02. The Kier molecular flexibility index (Phi) is 8.88. The zero-order valence-electron chi connectivity index (χ0n) is 8.69. The van der Waals surface area contributed by atoms with E-state index in [1.807, 2.05) is 0 Å². The molecule has 0 amide bonds. The van der Waals surface area contributed by atoms with Crippen molar-refractivity contribution >= 4 is 0 Å². The third-order valence-electron chi connectivity index (χ3n) is 2.04. The molecule has 0 aromatic carbocycles. The lowest BCUT2D eigenvalue weighted by atomic mass is 10.2. The standard InChI is InChI=1S/C7H13N5O4/c13-8-1-3-12(4-2-9-14)7(5-10-15)6-11-16/h7H,1-6H2. The van der Waals surface area contributed by atoms with Gasteiger partial charge < -0.3 is 0 Å². The predicted molar refractivity (Wildman–Crippen MR) is 58.0 cm³/mol. The van der Waals surface area contributed by atoms with Crippen molar-refractivity contribution in [3.05, 3.63) is 19.6 Å². The molecule has 0 unspecified atom stereocenters. The van der Waals surface area contributed by atoms with Gasteiger partial charge in [-0.05, 0) is 0 Å². The highest BCUT2D eigenvalue weighted by atomic mass is 16.3. The number of hydrogen-bond donors (Lipinski definition) is 0. The van der Waals surface area contributed by atoms with Crippen molar-refractivity contribution in [3.63, 3.8) is 0 Å². The largest absolute Gasteiger partial charge is 0.292 e. The Bertz CT molecular complexity index is 215. The van der Waals surface area contributed by atoms with Crippen LogP contribution in [0.4, 0.5) is 0 Å². The molecular formula is C7H13N5O4. The first-order chi connectivity index (χ1) is 7.79. The van der Waals surface area contributed by atoms with Gasteiger partial charge in [0.25, 0.3) is 0 Å². The molecule has 9 nitrogen and oxygen atoms in total. The number of nitroso groups, excluding NO2 is 4. The van der Waals surface area contributed by atoms with Gasteiger partial charge in [0.1, 0.15) is 0 Å². The topological polar surface area (TPSA) is 121 Å². The van der Waals surface area contributed by atoms with Crippen molar-refractivity contribution in [2.75, 3.05) is 39.3 Å². The van der Waals surface area contributed by atoms with Crippen LogP contribution >= 0.6 is 0 Å². The van der Waals surface area contributed by atoms with E-state index < -0.39 is 6.04 Å². The lowest BCUT2D eigenvalue weighted by Crippen LogP contribution is -2.42. The second kappa shape index (κ2) is 9.90. The fraction of sp³-hybridized carbons (Fsp3) is 1.00. The minimum atomic E-state index is -0.501. The van der Waals surface area contributed by atoms with Crippen LogP contribution < -0.4 is 0 Å². The van der Waals surface area contributed by atoms with E-state index in [9.17, 15) is 19.6 Å². The Morgan fingerprint density at radius 3 is 1.50 bits per heavy atom. The molecular weight excluding hydrogens is 218 g/mol. The van der Waals surface area contributed by atoms with Crippen molar-refractivity contribution in [3.8, 4) is 0 Å². The van der Waals surface area contributed by atoms with Crippen LogP contribution in [-0.2, 0) is 0 Å². The van der Waals surface area contributed by atoms with Crippen LogP contribution in [0, 0.1) is 19.6 Å². The summed E-state index contributed by atoms with van der Waals surface area (Å²) >= 11 is 0. The highest BCUT2D eigenvalue weighted by Gasteiger charge is 2.18. The molecule has 0 aromatic rings. The molecule has 0 spiro atoms. The molecule has 0 radical (unpaired) electrons. The van der Waals surface area contributed by atoms with Crippen molar-refractivity contribution in [2.45, 2.75) is 6.04 Å². The van der Waals surface area contributed by atoms with Crippen LogP contribution in [0.15, 0.2) is 20.7 Å². The Hall–Kier alpha value is -1.64. The lowest BCUT2D eigenvalue weighted by molar-refractivity contribution is 0.216. The van der Waals surface area contributed by atoms with E-state index in [0.29, 0.717) is 0 Å². The van der Waals surface area contributed by atoms with E-state index in [1.165, 1.54) is 0 Å². The van der Waals surface area contributed by atoms with Crippen LogP contribution in [0.1, 0.15) is 0 Å². The molecule has 0 saturated carbocycles. The first-order valence-electron chi connectivity index (χ1n) is 4.70. The van der Waals surface area contributed by atoms with Crippen LogP contribution in [-0.4, -0.2) is 50.2 Å². The van der Waals surface area contributed by atoms with E-state index in [0.717, 1.165) is 0 Å². The molecule has 0 saturated heterocycles. The zero-order chi connectivity index (χ0) is 12.2. The fourth-order valence-electron chi connectivity index (χ4n) is 1.28. The Morgan fingerprint density at radius 1 is 0.750 bits per heavy atom. The maximum Gasteiger partial charge on any atom is 0.0985 e. The summed E-state index contributed by atoms with van der Waals surface area (Å²) in [6.45, 7) is 0.260. The van der Waals surface area contributed by atoms with E-state index in [4.69, 9.17) is 0 Å². The minimum Gasteiger partial charge on any atom is -0.292 e. The summed E-state index contributed by atoms with van der Waals surface area (Å²) in [6.07, 6.45) is 0. The summed E-state index contributed by atoms with van der Waals surface area (Å²) in [6, 6.07) is -0.501. The second-order valence-corrected chi connectivity index (χ2v) is 3.02. The van der Waals surface area contributed by atoms with Crippen molar-refractivity contribution < 1.29 is 0 Å². The summed E-state index contributed by atoms with van der Waals surface area (Å²) in [5.74, 6) is 0. The molecule has 0 aliphatic carbocycles. The van der Waals surface area contributed by atoms with Gasteiger partial charge in [0.2, 0.25) is 0 Å². The van der Waals surface area contributed by atoms with Gasteiger partial charge in [-0.3, -0.25) is 4.90 Å². The normalized spacial score (nSPS) is 10.4. The number of hydrogen-bond acceptors (Lipinski definition) is 9. The lowest BCUT2D eigenvalue weighted by Gasteiger charge is -2.26. The number of nitrogens with zero attached hydrogens (tertiary/aromatic N) is 5. The van der Waals surface area contributed by atoms with Gasteiger partial charge in [-0.25, -0.2) is 0 Å². The van der Waals surface area contributed by atoms with Crippen LogP contribution in [0.3, 0.4) is 0 Å². The minimum absolute atomic E-state index is 0.00702. The highest BCUT2D eigenvalue weighted by Crippen LogP contribution is 2.02. The third-order valence-corrected chi connectivity index (χ3v) is 2.04. The quantitative estimate of drug-likeness (QED) is 0.485. The van der Waals surface area contributed by atoms with E-state index in [1.54, 1.807) is 4.90 Å². The fourth-order valence-corrected chi connectivity index (χ4v) is 1.28. The molecule has 9 heteroatoms. The predicted octanol–water partition coefficient (Wildman–Crippen LogP) is 0.723. The average molecular weight is 231 g/mol. The van der Waals surface area contributed by atoms with Gasteiger partial charge in [0, 0.05) is 13.1 Å². The summed E-state index contributed by atoms with van der Waals surface area (Å²) in [4.78, 5) is 41.9. The molecule has 0 rings (SSSR count). The molecule has 0 aromatic heterocycles. The van der Waals surface area contributed by atoms with Crippen molar-refractivity contribution in [1.82, 2.24) is 4.90 Å². The first-order valence-corrected chi connectivity index (χ1v) is 4.70. The molecule has 16 heavy (non-hydrogen) atoms. The monoisotopic (exact) mass is 231 g/mol. The van der Waals surface area contributed by atoms with E-state index in [2.05, 4.69) is 20.7 Å². The summed E-state index contributed by atoms with van der Waals surface area (Å²) in [7, 11) is 0. The molecule has 0 aliphatic heterocycles. The van der Waals surface area contributed by atoms with Gasteiger partial charge in [-0.2, -0.15) is 19.6 Å². The SMILES string of the molecule is O=NCCN(CCN=O)C(CN=O)CN=O. The van der Waals surface area contributed by atoms with Gasteiger partial charge in [-0.15, -0.1) is 0 Å². The molecule has 0 N–H and O–H groups in total. The van der Waals surface area contributed by atoms with Gasteiger partial charge >= 0.3 is 0 Å². The number of rotatable bonds is 11. The highest BCUT2D eigenvalue weighted by molar-refractivity contribution is 4.77. The average Bonchev–Trinajstić information content (AvgIpc) is 2.29. The molecule has 0 bridgehead atoms. The Morgan fingerprint density at radius 2 is 1.19 bits per heavy atom. The van der Waals surface area contributed by atoms with E-state index in [-0.39, 0.29) is 39.3 Å². The van der Waals surface area contributed by atoms with Gasteiger partial charge in [0.05, 0.1) is 32.2 Å². The maximum atomic E-state index is 10.2. The van der Waals surface area contributed by atoms with Gasteiger partial charge in [0.15, 0.2) is 0 Å². The van der Waals surface area contributed by atoms with E-state index >= 15 is 0 Å². The summed E-state index contributed by atoms with van der Waals surface area (Å²) in [5.41, 5.74) is 0. The first kappa shape index (κ1) is 14.4. The summed E-state index contributed by atoms with van der Waals surface area (Å²) in [5, 5.41) is 10.7. The Balaban J connectivity index is 4.35. The van der Waals surface area contributed by atoms with Crippen molar-refractivity contribution in [2.24, 2.45) is 20.7 Å². The smallest absolute Gasteiger partial charge is 0.0985 e.